The molecule has 0 spiro atoms. The van der Waals surface area contributed by atoms with E-state index in [1.165, 1.54) is 4.31 Å². The minimum atomic E-state index is -3.42. The number of anilines is 2. The van der Waals surface area contributed by atoms with Gasteiger partial charge < -0.3 is 10.1 Å². The lowest BCUT2D eigenvalue weighted by Crippen LogP contribution is -2.41. The number of nitrogens with one attached hydrogen (secondary N) is 2. The fraction of sp³-hybridized carbons (Fsp3) is 0.417. The van der Waals surface area contributed by atoms with Gasteiger partial charge in [0.05, 0.1) is 12.4 Å². The SMILES string of the molecule is CC(C)COC(=O)Nc1cccc(NC(=O)C2CCN(S(=O)(=O)Cc3ccccc3)CC2)c1. The van der Waals surface area contributed by atoms with E-state index in [0.29, 0.717) is 43.9 Å². The zero-order valence-corrected chi connectivity index (χ0v) is 19.8. The van der Waals surface area contributed by atoms with Gasteiger partial charge in [-0.2, -0.15) is 0 Å². The molecule has 0 aliphatic carbocycles. The summed E-state index contributed by atoms with van der Waals surface area (Å²) in [5.74, 6) is -0.235. The van der Waals surface area contributed by atoms with Crippen molar-refractivity contribution in [3.63, 3.8) is 0 Å². The summed E-state index contributed by atoms with van der Waals surface area (Å²) in [6.07, 6.45) is 0.370. The smallest absolute Gasteiger partial charge is 0.411 e. The molecule has 0 radical (unpaired) electrons. The number of piperidine rings is 1. The van der Waals surface area contributed by atoms with Gasteiger partial charge in [0.2, 0.25) is 15.9 Å². The maximum Gasteiger partial charge on any atom is 0.411 e. The number of ether oxygens (including phenoxy) is 1. The topological polar surface area (TPSA) is 105 Å². The van der Waals surface area contributed by atoms with Crippen molar-refractivity contribution in [2.75, 3.05) is 30.3 Å². The van der Waals surface area contributed by atoms with Crippen LogP contribution in [0.15, 0.2) is 54.6 Å². The monoisotopic (exact) mass is 473 g/mol. The number of sulfonamides is 1. The highest BCUT2D eigenvalue weighted by Crippen LogP contribution is 2.24. The number of rotatable bonds is 8. The van der Waals surface area contributed by atoms with Crippen molar-refractivity contribution in [3.8, 4) is 0 Å². The molecule has 2 amide bonds. The van der Waals surface area contributed by atoms with Crippen LogP contribution in [0.4, 0.5) is 16.2 Å². The van der Waals surface area contributed by atoms with Crippen LogP contribution >= 0.6 is 0 Å². The highest BCUT2D eigenvalue weighted by atomic mass is 32.2. The van der Waals surface area contributed by atoms with Gasteiger partial charge in [0, 0.05) is 30.4 Å². The maximum absolute atomic E-state index is 12.7. The summed E-state index contributed by atoms with van der Waals surface area (Å²) in [4.78, 5) is 24.6. The van der Waals surface area contributed by atoms with E-state index < -0.39 is 16.1 Å². The van der Waals surface area contributed by atoms with Gasteiger partial charge in [0.1, 0.15) is 0 Å². The fourth-order valence-corrected chi connectivity index (χ4v) is 5.15. The Morgan fingerprint density at radius 1 is 1.00 bits per heavy atom. The van der Waals surface area contributed by atoms with Gasteiger partial charge >= 0.3 is 6.09 Å². The largest absolute Gasteiger partial charge is 0.449 e. The fourth-order valence-electron chi connectivity index (χ4n) is 3.59. The molecule has 33 heavy (non-hydrogen) atoms. The summed E-state index contributed by atoms with van der Waals surface area (Å²) in [5, 5.41) is 5.52. The lowest BCUT2D eigenvalue weighted by atomic mass is 9.97. The van der Waals surface area contributed by atoms with Gasteiger partial charge in [-0.15, -0.1) is 0 Å². The van der Waals surface area contributed by atoms with Gasteiger partial charge in [-0.1, -0.05) is 50.2 Å². The second-order valence-corrected chi connectivity index (χ2v) is 10.6. The number of hydrogen-bond donors (Lipinski definition) is 2. The third-order valence-corrected chi connectivity index (χ3v) is 7.18. The third-order valence-electron chi connectivity index (χ3n) is 5.33. The van der Waals surface area contributed by atoms with E-state index >= 15 is 0 Å². The minimum absolute atomic E-state index is 0.0376. The van der Waals surface area contributed by atoms with Crippen molar-refractivity contribution in [3.05, 3.63) is 60.2 Å². The number of carbonyl (C=O) groups excluding carboxylic acids is 2. The molecule has 1 heterocycles. The molecule has 2 aromatic rings. The van der Waals surface area contributed by atoms with E-state index in [0.717, 1.165) is 5.56 Å². The number of benzene rings is 2. The third kappa shape index (κ3) is 7.57. The molecule has 9 heteroatoms. The van der Waals surface area contributed by atoms with Crippen molar-refractivity contribution in [1.82, 2.24) is 4.31 Å². The first-order valence-electron chi connectivity index (χ1n) is 11.1. The summed E-state index contributed by atoms with van der Waals surface area (Å²) in [7, 11) is -3.42. The molecule has 0 atom stereocenters. The van der Waals surface area contributed by atoms with Crippen molar-refractivity contribution in [2.45, 2.75) is 32.4 Å². The Morgan fingerprint density at radius 3 is 2.27 bits per heavy atom. The first kappa shape index (κ1) is 24.7. The van der Waals surface area contributed by atoms with E-state index in [1.807, 2.05) is 32.0 Å². The zero-order chi connectivity index (χ0) is 23.8. The lowest BCUT2D eigenvalue weighted by molar-refractivity contribution is -0.120. The number of carbonyl (C=O) groups is 2. The van der Waals surface area contributed by atoms with Crippen molar-refractivity contribution < 1.29 is 22.7 Å². The summed E-state index contributed by atoms with van der Waals surface area (Å²) in [5.41, 5.74) is 1.82. The van der Waals surface area contributed by atoms with Gasteiger partial charge in [0.15, 0.2) is 0 Å². The standard InChI is InChI=1S/C24H31N3O5S/c1-18(2)16-32-24(29)26-22-10-6-9-21(15-22)25-23(28)20-11-13-27(14-12-20)33(30,31)17-19-7-4-3-5-8-19/h3-10,15,18,20H,11-14,16-17H2,1-2H3,(H,25,28)(H,26,29). The molecule has 0 aromatic heterocycles. The predicted octanol–water partition coefficient (Wildman–Crippen LogP) is 4.07. The molecule has 0 saturated carbocycles. The van der Waals surface area contributed by atoms with E-state index in [-0.39, 0.29) is 23.5 Å². The molecule has 2 N–H and O–H groups in total. The van der Waals surface area contributed by atoms with E-state index in [9.17, 15) is 18.0 Å². The number of hydrogen-bond acceptors (Lipinski definition) is 5. The molecule has 0 unspecified atom stereocenters. The predicted molar refractivity (Wildman–Crippen MR) is 128 cm³/mol. The highest BCUT2D eigenvalue weighted by molar-refractivity contribution is 7.88. The number of amides is 2. The Kier molecular flexibility index (Phi) is 8.46. The van der Waals surface area contributed by atoms with Crippen LogP contribution in [0.3, 0.4) is 0 Å². The summed E-state index contributed by atoms with van der Waals surface area (Å²) in [6, 6.07) is 15.9. The van der Waals surface area contributed by atoms with Crippen LogP contribution in [0.25, 0.3) is 0 Å². The second kappa shape index (κ2) is 11.3. The second-order valence-electron chi connectivity index (χ2n) is 8.60. The Labute approximate surface area is 195 Å². The molecule has 178 valence electrons. The van der Waals surface area contributed by atoms with Crippen molar-refractivity contribution in [1.29, 1.82) is 0 Å². The molecule has 2 aromatic carbocycles. The van der Waals surface area contributed by atoms with E-state index in [1.54, 1.807) is 36.4 Å². The van der Waals surface area contributed by atoms with Gasteiger partial charge in [-0.25, -0.2) is 17.5 Å². The molecule has 0 bridgehead atoms. The molecule has 1 fully saturated rings. The molecule has 3 rings (SSSR count). The molecule has 1 saturated heterocycles. The van der Waals surface area contributed by atoms with E-state index in [4.69, 9.17) is 4.74 Å². The average Bonchev–Trinajstić information content (AvgIpc) is 2.78. The van der Waals surface area contributed by atoms with Gasteiger partial charge in [-0.05, 0) is 42.5 Å². The summed E-state index contributed by atoms with van der Waals surface area (Å²) in [6.45, 7) is 4.86. The van der Waals surface area contributed by atoms with Crippen molar-refractivity contribution in [2.24, 2.45) is 11.8 Å². The average molecular weight is 474 g/mol. The Hall–Kier alpha value is -2.91. The highest BCUT2D eigenvalue weighted by Gasteiger charge is 2.31. The zero-order valence-electron chi connectivity index (χ0n) is 19.0. The van der Waals surface area contributed by atoms with Crippen molar-refractivity contribution >= 4 is 33.4 Å². The normalized spacial score (nSPS) is 15.2. The minimum Gasteiger partial charge on any atom is -0.449 e. The molecule has 8 nitrogen and oxygen atoms in total. The first-order valence-corrected chi connectivity index (χ1v) is 12.7. The van der Waals surface area contributed by atoms with Crippen LogP contribution in [0, 0.1) is 11.8 Å². The quantitative estimate of drug-likeness (QED) is 0.601. The van der Waals surface area contributed by atoms with Gasteiger partial charge in [-0.3, -0.25) is 10.1 Å². The Balaban J connectivity index is 1.50. The summed E-state index contributed by atoms with van der Waals surface area (Å²) >= 11 is 0. The molecule has 1 aliphatic rings. The van der Waals surface area contributed by atoms with E-state index in [2.05, 4.69) is 10.6 Å². The molecular weight excluding hydrogens is 442 g/mol. The first-order chi connectivity index (χ1) is 15.7. The van der Waals surface area contributed by atoms with Crippen LogP contribution in [0.5, 0.6) is 0 Å². The van der Waals surface area contributed by atoms with Crippen LogP contribution in [0.2, 0.25) is 0 Å². The maximum atomic E-state index is 12.7. The molecular formula is C24H31N3O5S. The summed E-state index contributed by atoms with van der Waals surface area (Å²) < 4.78 is 32.0. The van der Waals surface area contributed by atoms with Crippen LogP contribution < -0.4 is 10.6 Å². The Bertz CT molecular complexity index is 1050. The van der Waals surface area contributed by atoms with Crippen LogP contribution in [-0.2, 0) is 25.3 Å². The Morgan fingerprint density at radius 2 is 1.64 bits per heavy atom. The molecule has 1 aliphatic heterocycles. The van der Waals surface area contributed by atoms with Crippen LogP contribution in [-0.4, -0.2) is 44.4 Å². The van der Waals surface area contributed by atoms with Gasteiger partial charge in [0.25, 0.3) is 0 Å². The van der Waals surface area contributed by atoms with Crippen LogP contribution in [0.1, 0.15) is 32.3 Å². The number of nitrogens with zero attached hydrogens (tertiary/aromatic N) is 1. The lowest BCUT2D eigenvalue weighted by Gasteiger charge is -2.30.